The number of halogens is 1. The topological polar surface area (TPSA) is 91.1 Å². The number of benzene rings is 1. The number of amides is 1. The summed E-state index contributed by atoms with van der Waals surface area (Å²) >= 11 is 3.41. The van der Waals surface area contributed by atoms with Crippen LogP contribution in [0, 0.1) is 17.2 Å². The Morgan fingerprint density at radius 3 is 2.81 bits per heavy atom. The summed E-state index contributed by atoms with van der Waals surface area (Å²) in [6.45, 7) is 2.19. The normalized spacial score (nSPS) is 14.5. The number of aromatic nitrogens is 2. The lowest BCUT2D eigenvalue weighted by molar-refractivity contribution is 0.0943. The molecule has 2 aromatic rings. The predicted octanol–water partition coefficient (Wildman–Crippen LogP) is 2.77. The summed E-state index contributed by atoms with van der Waals surface area (Å²) in [5.74, 6) is 1.55. The molecule has 1 aliphatic heterocycles. The molecule has 0 aliphatic carbocycles. The van der Waals surface area contributed by atoms with Crippen LogP contribution in [0.4, 0.5) is 5.82 Å². The van der Waals surface area contributed by atoms with E-state index in [1.807, 2.05) is 0 Å². The van der Waals surface area contributed by atoms with E-state index in [0.717, 1.165) is 30.4 Å². The monoisotopic (exact) mass is 429 g/mol. The largest absolute Gasteiger partial charge is 0.497 e. The maximum Gasteiger partial charge on any atom is 0.252 e. The highest BCUT2D eigenvalue weighted by molar-refractivity contribution is 9.10. The molecule has 1 aromatic carbocycles. The molecule has 1 amide bonds. The van der Waals surface area contributed by atoms with Gasteiger partial charge < -0.3 is 15.0 Å². The summed E-state index contributed by atoms with van der Waals surface area (Å²) in [6, 6.07) is 7.42. The van der Waals surface area contributed by atoms with Crippen LogP contribution >= 0.6 is 15.9 Å². The van der Waals surface area contributed by atoms with Gasteiger partial charge in [0.25, 0.3) is 5.91 Å². The molecule has 8 heteroatoms. The quantitative estimate of drug-likeness (QED) is 0.785. The highest BCUT2D eigenvalue weighted by Crippen LogP contribution is 2.24. The Labute approximate surface area is 166 Å². The van der Waals surface area contributed by atoms with Crippen LogP contribution in [-0.4, -0.2) is 42.6 Å². The lowest BCUT2D eigenvalue weighted by Crippen LogP contribution is -2.39. The van der Waals surface area contributed by atoms with Crippen LogP contribution in [0.25, 0.3) is 0 Å². The summed E-state index contributed by atoms with van der Waals surface area (Å²) in [5.41, 5.74) is 0.914. The van der Waals surface area contributed by atoms with Crippen molar-refractivity contribution >= 4 is 27.7 Å². The molecule has 0 spiro atoms. The number of anilines is 1. The molecule has 3 rings (SSSR count). The first-order valence-corrected chi connectivity index (χ1v) is 9.49. The predicted molar refractivity (Wildman–Crippen MR) is 105 cm³/mol. The summed E-state index contributed by atoms with van der Waals surface area (Å²) in [7, 11) is 1.58. The molecule has 0 bridgehead atoms. The zero-order chi connectivity index (χ0) is 19.2. The van der Waals surface area contributed by atoms with E-state index < -0.39 is 0 Å². The van der Waals surface area contributed by atoms with Gasteiger partial charge in [0.05, 0.1) is 12.7 Å². The number of carbonyl (C=O) groups excluding carboxylic acids is 1. The zero-order valence-corrected chi connectivity index (χ0v) is 16.6. The molecule has 7 nitrogen and oxygen atoms in total. The van der Waals surface area contributed by atoms with Crippen molar-refractivity contribution in [2.24, 2.45) is 5.92 Å². The second kappa shape index (κ2) is 8.82. The zero-order valence-electron chi connectivity index (χ0n) is 15.0. The number of nitriles is 1. The molecule has 1 saturated heterocycles. The number of hydrogen-bond donors (Lipinski definition) is 1. The summed E-state index contributed by atoms with van der Waals surface area (Å²) in [6.07, 6.45) is 4.97. The Morgan fingerprint density at radius 1 is 1.37 bits per heavy atom. The fraction of sp³-hybridized carbons (Fsp3) is 0.368. The minimum absolute atomic E-state index is 0.121. The maximum absolute atomic E-state index is 12.5. The number of nitrogens with one attached hydrogen (secondary N) is 1. The Balaban J connectivity index is 1.54. The van der Waals surface area contributed by atoms with Crippen molar-refractivity contribution < 1.29 is 9.53 Å². The Hall–Kier alpha value is -2.66. The number of rotatable bonds is 5. The van der Waals surface area contributed by atoms with Crippen LogP contribution in [0.15, 0.2) is 35.1 Å². The third-order valence-electron chi connectivity index (χ3n) is 4.67. The van der Waals surface area contributed by atoms with E-state index in [-0.39, 0.29) is 5.91 Å². The first-order chi connectivity index (χ1) is 13.1. The minimum Gasteiger partial charge on any atom is -0.497 e. The van der Waals surface area contributed by atoms with Crippen LogP contribution in [0.5, 0.6) is 5.75 Å². The molecule has 0 saturated carbocycles. The number of nitrogens with zero attached hydrogens (tertiary/aromatic N) is 4. The SMILES string of the molecule is COc1ccc(Br)c(C(=O)NCC2CCN(c3nccnc3C#N)CC2)c1. The molecule has 27 heavy (non-hydrogen) atoms. The van der Waals surface area contributed by atoms with Gasteiger partial charge in [-0.15, -0.1) is 0 Å². The minimum atomic E-state index is -0.121. The van der Waals surface area contributed by atoms with Crippen molar-refractivity contribution in [3.63, 3.8) is 0 Å². The third kappa shape index (κ3) is 4.55. The van der Waals surface area contributed by atoms with Crippen molar-refractivity contribution in [2.75, 3.05) is 31.6 Å². The third-order valence-corrected chi connectivity index (χ3v) is 5.36. The Bertz CT molecular complexity index is 859. The van der Waals surface area contributed by atoms with E-state index in [4.69, 9.17) is 4.74 Å². The first-order valence-electron chi connectivity index (χ1n) is 8.70. The molecule has 1 fully saturated rings. The number of piperidine rings is 1. The Morgan fingerprint density at radius 2 is 2.11 bits per heavy atom. The van der Waals surface area contributed by atoms with Crippen LogP contribution in [0.3, 0.4) is 0 Å². The molecule has 1 aliphatic rings. The molecular weight excluding hydrogens is 410 g/mol. The van der Waals surface area contributed by atoms with Crippen LogP contribution in [0.1, 0.15) is 28.9 Å². The fourth-order valence-electron chi connectivity index (χ4n) is 3.13. The van der Waals surface area contributed by atoms with Gasteiger partial charge in [-0.05, 0) is 52.9 Å². The highest BCUT2D eigenvalue weighted by Gasteiger charge is 2.23. The van der Waals surface area contributed by atoms with Crippen LogP contribution in [-0.2, 0) is 0 Å². The second-order valence-corrected chi connectivity index (χ2v) is 7.18. The van der Waals surface area contributed by atoms with E-state index in [1.165, 1.54) is 6.20 Å². The van der Waals surface area contributed by atoms with Crippen molar-refractivity contribution in [3.05, 3.63) is 46.3 Å². The molecule has 0 radical (unpaired) electrons. The summed E-state index contributed by atoms with van der Waals surface area (Å²) in [5, 5.41) is 12.2. The molecule has 1 aromatic heterocycles. The molecule has 0 unspecified atom stereocenters. The first kappa shape index (κ1) is 19.1. The molecule has 140 valence electrons. The van der Waals surface area contributed by atoms with E-state index >= 15 is 0 Å². The fourth-order valence-corrected chi connectivity index (χ4v) is 3.55. The van der Waals surface area contributed by atoms with Crippen molar-refractivity contribution in [3.8, 4) is 11.8 Å². The van der Waals surface area contributed by atoms with Gasteiger partial charge in [-0.3, -0.25) is 4.79 Å². The molecule has 0 atom stereocenters. The average molecular weight is 430 g/mol. The highest BCUT2D eigenvalue weighted by atomic mass is 79.9. The summed E-state index contributed by atoms with van der Waals surface area (Å²) in [4.78, 5) is 22.9. The van der Waals surface area contributed by atoms with Gasteiger partial charge in [0, 0.05) is 36.5 Å². The number of hydrogen-bond acceptors (Lipinski definition) is 6. The smallest absolute Gasteiger partial charge is 0.252 e. The van der Waals surface area contributed by atoms with Crippen LogP contribution in [0.2, 0.25) is 0 Å². The molecule has 2 heterocycles. The number of methoxy groups -OCH3 is 1. The van der Waals surface area contributed by atoms with Gasteiger partial charge in [0.15, 0.2) is 11.5 Å². The van der Waals surface area contributed by atoms with Gasteiger partial charge in [0.1, 0.15) is 11.8 Å². The van der Waals surface area contributed by atoms with Crippen molar-refractivity contribution in [2.45, 2.75) is 12.8 Å². The number of ether oxygens (including phenoxy) is 1. The lowest BCUT2D eigenvalue weighted by Gasteiger charge is -2.32. The molecular formula is C19H20BrN5O2. The van der Waals surface area contributed by atoms with Crippen molar-refractivity contribution in [1.29, 1.82) is 5.26 Å². The maximum atomic E-state index is 12.5. The van der Waals surface area contributed by atoms with Gasteiger partial charge in [-0.1, -0.05) is 0 Å². The molecule has 1 N–H and O–H groups in total. The van der Waals surface area contributed by atoms with Gasteiger partial charge in [0.2, 0.25) is 0 Å². The van der Waals surface area contributed by atoms with Gasteiger partial charge >= 0.3 is 0 Å². The average Bonchev–Trinajstić information content (AvgIpc) is 2.72. The lowest BCUT2D eigenvalue weighted by atomic mass is 9.96. The standard InChI is InChI=1S/C19H20BrN5O2/c1-27-14-2-3-16(20)15(10-14)19(26)24-12-13-4-8-25(9-5-13)18-17(11-21)22-6-7-23-18/h2-3,6-7,10,13H,4-5,8-9,12H2,1H3,(H,24,26). The summed E-state index contributed by atoms with van der Waals surface area (Å²) < 4.78 is 5.93. The Kier molecular flexibility index (Phi) is 6.24. The van der Waals surface area contributed by atoms with Gasteiger partial charge in [-0.25, -0.2) is 9.97 Å². The number of carbonyl (C=O) groups is 1. The van der Waals surface area contributed by atoms with E-state index in [9.17, 15) is 10.1 Å². The van der Waals surface area contributed by atoms with Gasteiger partial charge in [-0.2, -0.15) is 5.26 Å². The second-order valence-electron chi connectivity index (χ2n) is 6.33. The van der Waals surface area contributed by atoms with E-state index in [2.05, 4.69) is 42.2 Å². The van der Waals surface area contributed by atoms with Crippen LogP contribution < -0.4 is 15.0 Å². The van der Waals surface area contributed by atoms with E-state index in [0.29, 0.717) is 35.3 Å². The van der Waals surface area contributed by atoms with Crippen molar-refractivity contribution in [1.82, 2.24) is 15.3 Å². The van der Waals surface area contributed by atoms with E-state index in [1.54, 1.807) is 31.5 Å².